The van der Waals surface area contributed by atoms with Gasteiger partial charge in [-0.15, -0.1) is 0 Å². The number of nitrogens with one attached hydrogen (secondary N) is 2. The molecule has 0 aromatic heterocycles. The van der Waals surface area contributed by atoms with Gasteiger partial charge in [0.2, 0.25) is 0 Å². The monoisotopic (exact) mass is 426 g/mol. The van der Waals surface area contributed by atoms with Crippen molar-refractivity contribution in [3.8, 4) is 0 Å². The normalized spacial score (nSPS) is 12.0. The maximum atomic E-state index is 13.1. The number of benzene rings is 3. The SMILES string of the molecule is CCCCNC(=O)c1ccc(C(=O)Nc2cccc3c2C(=O)c2ccccc2C3=O)cc1. The summed E-state index contributed by atoms with van der Waals surface area (Å²) in [6.45, 7) is 2.65. The Hall–Kier alpha value is -4.06. The predicted molar refractivity (Wildman–Crippen MR) is 121 cm³/mol. The first-order valence-corrected chi connectivity index (χ1v) is 10.5. The molecule has 2 N–H and O–H groups in total. The maximum Gasteiger partial charge on any atom is 0.255 e. The van der Waals surface area contributed by atoms with Crippen molar-refractivity contribution >= 4 is 29.1 Å². The summed E-state index contributed by atoms with van der Waals surface area (Å²) in [5, 5.41) is 5.58. The third-order valence-electron chi connectivity index (χ3n) is 5.43. The number of fused-ring (bicyclic) bond motifs is 2. The van der Waals surface area contributed by atoms with Gasteiger partial charge in [0.25, 0.3) is 11.8 Å². The summed E-state index contributed by atoms with van der Waals surface area (Å²) in [4.78, 5) is 50.9. The summed E-state index contributed by atoms with van der Waals surface area (Å²) in [5.74, 6) is -1.17. The van der Waals surface area contributed by atoms with Gasteiger partial charge in [-0.25, -0.2) is 0 Å². The Morgan fingerprint density at radius 3 is 1.97 bits per heavy atom. The molecule has 6 nitrogen and oxygen atoms in total. The van der Waals surface area contributed by atoms with Gasteiger partial charge >= 0.3 is 0 Å². The second-order valence-corrected chi connectivity index (χ2v) is 7.57. The molecule has 0 fully saturated rings. The molecule has 0 bridgehead atoms. The van der Waals surface area contributed by atoms with Gasteiger partial charge in [-0.1, -0.05) is 49.7 Å². The van der Waals surface area contributed by atoms with E-state index in [1.165, 1.54) is 0 Å². The molecule has 32 heavy (non-hydrogen) atoms. The fraction of sp³-hybridized carbons (Fsp3) is 0.154. The van der Waals surface area contributed by atoms with Crippen molar-refractivity contribution in [1.82, 2.24) is 5.32 Å². The van der Waals surface area contributed by atoms with Gasteiger partial charge in [0.05, 0.1) is 11.3 Å². The van der Waals surface area contributed by atoms with E-state index in [1.54, 1.807) is 66.7 Å². The molecule has 0 aliphatic heterocycles. The molecular weight excluding hydrogens is 404 g/mol. The van der Waals surface area contributed by atoms with E-state index in [9.17, 15) is 19.2 Å². The van der Waals surface area contributed by atoms with E-state index in [-0.39, 0.29) is 34.3 Å². The van der Waals surface area contributed by atoms with Crippen LogP contribution in [0.1, 0.15) is 72.3 Å². The van der Waals surface area contributed by atoms with E-state index in [1.807, 2.05) is 6.92 Å². The molecule has 0 radical (unpaired) electrons. The fourth-order valence-electron chi connectivity index (χ4n) is 3.70. The average Bonchev–Trinajstić information content (AvgIpc) is 2.82. The molecule has 1 aliphatic rings. The van der Waals surface area contributed by atoms with E-state index in [0.29, 0.717) is 28.8 Å². The van der Waals surface area contributed by atoms with Gasteiger partial charge in [-0.05, 0) is 36.8 Å². The number of hydrogen-bond acceptors (Lipinski definition) is 4. The number of ketones is 2. The van der Waals surface area contributed by atoms with Crippen LogP contribution >= 0.6 is 0 Å². The Bertz CT molecular complexity index is 1230. The molecule has 0 saturated heterocycles. The van der Waals surface area contributed by atoms with Crippen molar-refractivity contribution in [2.45, 2.75) is 19.8 Å². The predicted octanol–water partition coefficient (Wildman–Crippen LogP) is 4.24. The molecule has 0 saturated carbocycles. The highest BCUT2D eigenvalue weighted by Crippen LogP contribution is 2.32. The van der Waals surface area contributed by atoms with Gasteiger partial charge in [0, 0.05) is 34.4 Å². The largest absolute Gasteiger partial charge is 0.352 e. The molecule has 2 amide bonds. The summed E-state index contributed by atoms with van der Waals surface area (Å²) in [5.41, 5.74) is 2.23. The van der Waals surface area contributed by atoms with Crippen LogP contribution in [-0.4, -0.2) is 29.9 Å². The van der Waals surface area contributed by atoms with Crippen LogP contribution in [0.4, 0.5) is 5.69 Å². The Morgan fingerprint density at radius 2 is 1.31 bits per heavy atom. The lowest BCUT2D eigenvalue weighted by molar-refractivity contribution is 0.0950. The third-order valence-corrected chi connectivity index (χ3v) is 5.43. The van der Waals surface area contributed by atoms with Crippen LogP contribution in [0.15, 0.2) is 66.7 Å². The van der Waals surface area contributed by atoms with Gasteiger partial charge in [0.15, 0.2) is 11.6 Å². The standard InChI is InChI=1S/C26H22N2O4/c1-2-3-15-27-25(31)16-11-13-17(14-12-16)26(32)28-21-10-6-9-20-22(21)24(30)19-8-5-4-7-18(19)23(20)29/h4-14H,2-3,15H2,1H3,(H,27,31)(H,28,32). The van der Waals surface area contributed by atoms with Crippen molar-refractivity contribution in [3.63, 3.8) is 0 Å². The topological polar surface area (TPSA) is 92.3 Å². The smallest absolute Gasteiger partial charge is 0.255 e. The minimum absolute atomic E-state index is 0.190. The molecular formula is C26H22N2O4. The number of carbonyl (C=O) groups excluding carboxylic acids is 4. The van der Waals surface area contributed by atoms with Crippen LogP contribution < -0.4 is 10.6 Å². The lowest BCUT2D eigenvalue weighted by Gasteiger charge is -2.20. The first-order valence-electron chi connectivity index (χ1n) is 10.5. The summed E-state index contributed by atoms with van der Waals surface area (Å²) in [6.07, 6.45) is 1.89. The van der Waals surface area contributed by atoms with Crippen LogP contribution in [0.25, 0.3) is 0 Å². The van der Waals surface area contributed by atoms with Crippen molar-refractivity contribution in [3.05, 3.63) is 100 Å². The van der Waals surface area contributed by atoms with Crippen LogP contribution in [0.5, 0.6) is 0 Å². The molecule has 1 aliphatic carbocycles. The van der Waals surface area contributed by atoms with E-state index >= 15 is 0 Å². The Morgan fingerprint density at radius 1 is 0.719 bits per heavy atom. The molecule has 160 valence electrons. The Kier molecular flexibility index (Phi) is 5.94. The zero-order chi connectivity index (χ0) is 22.7. The third kappa shape index (κ3) is 3.95. The second-order valence-electron chi connectivity index (χ2n) is 7.57. The van der Waals surface area contributed by atoms with E-state index in [4.69, 9.17) is 0 Å². The molecule has 3 aromatic rings. The van der Waals surface area contributed by atoms with E-state index in [2.05, 4.69) is 10.6 Å². The van der Waals surface area contributed by atoms with Gasteiger partial charge in [-0.2, -0.15) is 0 Å². The lowest BCUT2D eigenvalue weighted by Crippen LogP contribution is -2.25. The van der Waals surface area contributed by atoms with Crippen LogP contribution in [0.2, 0.25) is 0 Å². The summed E-state index contributed by atoms with van der Waals surface area (Å²) < 4.78 is 0. The van der Waals surface area contributed by atoms with Gasteiger partial charge < -0.3 is 10.6 Å². The minimum atomic E-state index is -0.435. The first kappa shape index (κ1) is 21.2. The van der Waals surface area contributed by atoms with Gasteiger partial charge in [0.1, 0.15) is 0 Å². The molecule has 3 aromatic carbocycles. The highest BCUT2D eigenvalue weighted by atomic mass is 16.2. The fourth-order valence-corrected chi connectivity index (χ4v) is 3.70. The molecule has 0 unspecified atom stereocenters. The molecule has 6 heteroatoms. The van der Waals surface area contributed by atoms with Crippen molar-refractivity contribution in [2.75, 3.05) is 11.9 Å². The summed E-state index contributed by atoms with van der Waals surface area (Å²) in [6, 6.07) is 17.8. The lowest BCUT2D eigenvalue weighted by atomic mass is 9.83. The molecule has 4 rings (SSSR count). The number of rotatable bonds is 6. The minimum Gasteiger partial charge on any atom is -0.352 e. The summed E-state index contributed by atoms with van der Waals surface area (Å²) in [7, 11) is 0. The number of amides is 2. The second kappa shape index (κ2) is 8.98. The summed E-state index contributed by atoms with van der Waals surface area (Å²) >= 11 is 0. The molecule has 0 heterocycles. The van der Waals surface area contributed by atoms with Crippen molar-refractivity contribution in [1.29, 1.82) is 0 Å². The number of anilines is 1. The quantitative estimate of drug-likeness (QED) is 0.451. The maximum absolute atomic E-state index is 13.1. The van der Waals surface area contributed by atoms with Crippen molar-refractivity contribution in [2.24, 2.45) is 0 Å². The molecule has 0 spiro atoms. The van der Waals surface area contributed by atoms with Crippen LogP contribution in [-0.2, 0) is 0 Å². The first-order chi connectivity index (χ1) is 15.5. The van der Waals surface area contributed by atoms with Crippen LogP contribution in [0, 0.1) is 0 Å². The number of hydrogen-bond donors (Lipinski definition) is 2. The van der Waals surface area contributed by atoms with Crippen molar-refractivity contribution < 1.29 is 19.2 Å². The number of unbranched alkanes of at least 4 members (excludes halogenated alkanes) is 1. The molecule has 0 atom stereocenters. The highest BCUT2D eigenvalue weighted by molar-refractivity contribution is 6.30. The van der Waals surface area contributed by atoms with Gasteiger partial charge in [-0.3, -0.25) is 19.2 Å². The highest BCUT2D eigenvalue weighted by Gasteiger charge is 2.31. The van der Waals surface area contributed by atoms with E-state index < -0.39 is 5.91 Å². The number of carbonyl (C=O) groups is 4. The Balaban J connectivity index is 1.56. The van der Waals surface area contributed by atoms with E-state index in [0.717, 1.165) is 12.8 Å². The van der Waals surface area contributed by atoms with Crippen LogP contribution in [0.3, 0.4) is 0 Å². The average molecular weight is 426 g/mol. The zero-order valence-electron chi connectivity index (χ0n) is 17.6. The Labute approximate surface area is 185 Å². The zero-order valence-corrected chi connectivity index (χ0v) is 17.6.